The number of methoxy groups -OCH3 is 1. The lowest BCUT2D eigenvalue weighted by Crippen LogP contribution is -2.35. The van der Waals surface area contributed by atoms with Crippen LogP contribution in [0.1, 0.15) is 49.5 Å². The Hall–Kier alpha value is -2.61. The fourth-order valence-corrected chi connectivity index (χ4v) is 4.61. The number of halogens is 1. The normalized spacial score (nSPS) is 20.0. The van der Waals surface area contributed by atoms with Crippen LogP contribution < -0.4 is 20.4 Å². The molecule has 1 aromatic carbocycles. The Balaban J connectivity index is 1.87. The van der Waals surface area contributed by atoms with E-state index < -0.39 is 17.2 Å². The van der Waals surface area contributed by atoms with Crippen LogP contribution in [0.15, 0.2) is 17.1 Å². The number of pyridine rings is 1. The second kappa shape index (κ2) is 7.91. The molecule has 7 nitrogen and oxygen atoms in total. The summed E-state index contributed by atoms with van der Waals surface area (Å²) in [6.45, 7) is 6.47. The molecular weight excluding hydrogens is 389 g/mol. The summed E-state index contributed by atoms with van der Waals surface area (Å²) in [5, 5.41) is 12.9. The minimum Gasteiger partial charge on any atom is -0.492 e. The molecule has 4 rings (SSSR count). The van der Waals surface area contributed by atoms with Gasteiger partial charge < -0.3 is 24.6 Å². The van der Waals surface area contributed by atoms with Gasteiger partial charge in [-0.05, 0) is 44.7 Å². The summed E-state index contributed by atoms with van der Waals surface area (Å²) in [7, 11) is 1.47. The molecule has 0 spiro atoms. The highest BCUT2D eigenvalue weighted by Crippen LogP contribution is 2.44. The third-order valence-corrected chi connectivity index (χ3v) is 6.35. The quantitative estimate of drug-likeness (QED) is 0.721. The van der Waals surface area contributed by atoms with Gasteiger partial charge in [0.2, 0.25) is 5.43 Å². The lowest BCUT2D eigenvalue weighted by atomic mass is 10.0. The van der Waals surface area contributed by atoms with Crippen molar-refractivity contribution in [2.75, 3.05) is 31.6 Å². The van der Waals surface area contributed by atoms with E-state index in [1.807, 2.05) is 4.90 Å². The molecule has 30 heavy (non-hydrogen) atoms. The van der Waals surface area contributed by atoms with Crippen LogP contribution in [0.3, 0.4) is 0 Å². The summed E-state index contributed by atoms with van der Waals surface area (Å²) in [4.78, 5) is 26.4. The molecule has 1 saturated carbocycles. The van der Waals surface area contributed by atoms with Crippen LogP contribution in [-0.4, -0.2) is 48.4 Å². The van der Waals surface area contributed by atoms with Crippen molar-refractivity contribution in [3.05, 3.63) is 33.9 Å². The molecule has 2 atom stereocenters. The zero-order chi connectivity index (χ0) is 21.6. The number of hydrogen-bond acceptors (Lipinski definition) is 5. The number of anilines is 1. The molecule has 0 amide bonds. The highest BCUT2D eigenvalue weighted by atomic mass is 19.1. The number of ether oxygens (including phenoxy) is 1. The van der Waals surface area contributed by atoms with Crippen LogP contribution in [0.2, 0.25) is 0 Å². The minimum atomic E-state index is -1.31. The van der Waals surface area contributed by atoms with Crippen molar-refractivity contribution in [1.29, 1.82) is 0 Å². The first kappa shape index (κ1) is 20.7. The van der Waals surface area contributed by atoms with E-state index in [2.05, 4.69) is 19.2 Å². The van der Waals surface area contributed by atoms with Crippen molar-refractivity contribution in [1.82, 2.24) is 9.88 Å². The lowest BCUT2D eigenvalue weighted by Gasteiger charge is -2.26. The Labute approximate surface area is 174 Å². The van der Waals surface area contributed by atoms with Gasteiger partial charge in [-0.25, -0.2) is 9.18 Å². The number of carboxylic acid groups (broad SMARTS) is 1. The van der Waals surface area contributed by atoms with E-state index in [4.69, 9.17) is 4.74 Å². The first-order valence-electron chi connectivity index (χ1n) is 10.5. The smallest absolute Gasteiger partial charge is 0.341 e. The SMILES string of the molecule is CCN[C@@H](C)[C@@H]1CCN(c2c(F)cc3c(=O)c(C(=O)O)cn(C4CC4)c3c2OC)C1. The monoisotopic (exact) mass is 417 g/mol. The molecule has 2 N–H and O–H groups in total. The summed E-state index contributed by atoms with van der Waals surface area (Å²) in [6, 6.07) is 1.60. The van der Waals surface area contributed by atoms with Crippen molar-refractivity contribution >= 4 is 22.6 Å². The van der Waals surface area contributed by atoms with Gasteiger partial charge >= 0.3 is 5.97 Å². The van der Waals surface area contributed by atoms with Crippen molar-refractivity contribution in [2.45, 2.75) is 45.2 Å². The largest absolute Gasteiger partial charge is 0.492 e. The number of rotatable bonds is 7. The van der Waals surface area contributed by atoms with Gasteiger partial charge in [-0.2, -0.15) is 0 Å². The Morgan fingerprint density at radius 3 is 2.73 bits per heavy atom. The van der Waals surface area contributed by atoms with Gasteiger partial charge in [-0.15, -0.1) is 0 Å². The summed E-state index contributed by atoms with van der Waals surface area (Å²) in [6.07, 6.45) is 4.09. The summed E-state index contributed by atoms with van der Waals surface area (Å²) in [5.41, 5.74) is -0.190. The van der Waals surface area contributed by atoms with E-state index in [0.717, 1.165) is 25.8 Å². The van der Waals surface area contributed by atoms with Crippen molar-refractivity contribution < 1.29 is 19.0 Å². The third-order valence-electron chi connectivity index (χ3n) is 6.35. The van der Waals surface area contributed by atoms with Crippen LogP contribution in [0.5, 0.6) is 5.75 Å². The maximum atomic E-state index is 15.3. The number of nitrogens with one attached hydrogen (secondary N) is 1. The molecular formula is C22H28FN3O4. The fraction of sp³-hybridized carbons (Fsp3) is 0.545. The molecule has 1 aromatic heterocycles. The van der Waals surface area contributed by atoms with Crippen molar-refractivity contribution in [3.8, 4) is 5.75 Å². The Bertz CT molecular complexity index is 1050. The number of benzene rings is 1. The summed E-state index contributed by atoms with van der Waals surface area (Å²) in [5.74, 6) is -1.18. The van der Waals surface area contributed by atoms with Crippen LogP contribution in [0, 0.1) is 11.7 Å². The van der Waals surface area contributed by atoms with E-state index in [0.29, 0.717) is 42.0 Å². The minimum absolute atomic E-state index is 0.0525. The molecule has 0 bridgehead atoms. The standard InChI is InChI=1S/C22H28FN3O4/c1-4-24-12(2)13-7-8-25(10-13)19-17(23)9-15-18(21(19)30-3)26(14-5-6-14)11-16(20(15)27)22(28)29/h9,11-14,24H,4-8,10H2,1-3H3,(H,28,29)/t12-,13+/m0/s1. The van der Waals surface area contributed by atoms with E-state index in [1.54, 1.807) is 4.57 Å². The first-order valence-corrected chi connectivity index (χ1v) is 10.5. The zero-order valence-corrected chi connectivity index (χ0v) is 17.6. The molecule has 2 fully saturated rings. The molecule has 2 heterocycles. The van der Waals surface area contributed by atoms with Gasteiger partial charge in [0.05, 0.1) is 18.0 Å². The van der Waals surface area contributed by atoms with Crippen molar-refractivity contribution in [2.24, 2.45) is 5.92 Å². The number of nitrogens with zero attached hydrogens (tertiary/aromatic N) is 2. The van der Waals surface area contributed by atoms with Gasteiger partial charge in [0.25, 0.3) is 0 Å². The number of aromatic nitrogens is 1. The molecule has 1 aliphatic heterocycles. The van der Waals surface area contributed by atoms with Gasteiger partial charge in [0.15, 0.2) is 11.6 Å². The summed E-state index contributed by atoms with van der Waals surface area (Å²) >= 11 is 0. The van der Waals surface area contributed by atoms with Crippen LogP contribution in [0.4, 0.5) is 10.1 Å². The number of hydrogen-bond donors (Lipinski definition) is 2. The number of carboxylic acids is 1. The third kappa shape index (κ3) is 3.43. The molecule has 1 aliphatic carbocycles. The van der Waals surface area contributed by atoms with E-state index in [-0.39, 0.29) is 17.0 Å². The molecule has 162 valence electrons. The first-order chi connectivity index (χ1) is 14.4. The van der Waals surface area contributed by atoms with Gasteiger partial charge in [0, 0.05) is 31.4 Å². The second-order valence-corrected chi connectivity index (χ2v) is 8.29. The van der Waals surface area contributed by atoms with E-state index >= 15 is 4.39 Å². The average molecular weight is 417 g/mol. The second-order valence-electron chi connectivity index (χ2n) is 8.29. The highest BCUT2D eigenvalue weighted by Gasteiger charge is 2.34. The van der Waals surface area contributed by atoms with Crippen LogP contribution in [0.25, 0.3) is 10.9 Å². The molecule has 2 aliphatic rings. The number of fused-ring (bicyclic) bond motifs is 1. The Kier molecular flexibility index (Phi) is 5.44. The Morgan fingerprint density at radius 1 is 1.40 bits per heavy atom. The van der Waals surface area contributed by atoms with Crippen LogP contribution in [-0.2, 0) is 0 Å². The zero-order valence-electron chi connectivity index (χ0n) is 17.6. The topological polar surface area (TPSA) is 83.8 Å². The Morgan fingerprint density at radius 2 is 2.13 bits per heavy atom. The maximum Gasteiger partial charge on any atom is 0.341 e. The molecule has 8 heteroatoms. The van der Waals surface area contributed by atoms with Crippen molar-refractivity contribution in [3.63, 3.8) is 0 Å². The fourth-order valence-electron chi connectivity index (χ4n) is 4.61. The summed E-state index contributed by atoms with van der Waals surface area (Å²) < 4.78 is 22.8. The van der Waals surface area contributed by atoms with E-state index in [9.17, 15) is 14.7 Å². The van der Waals surface area contributed by atoms with Gasteiger partial charge in [-0.3, -0.25) is 4.79 Å². The maximum absolute atomic E-state index is 15.3. The van der Waals surface area contributed by atoms with Gasteiger partial charge in [-0.1, -0.05) is 6.92 Å². The number of aromatic carboxylic acids is 1. The lowest BCUT2D eigenvalue weighted by molar-refractivity contribution is 0.0695. The predicted molar refractivity (Wildman–Crippen MR) is 113 cm³/mol. The highest BCUT2D eigenvalue weighted by molar-refractivity contribution is 5.97. The van der Waals surface area contributed by atoms with E-state index in [1.165, 1.54) is 19.4 Å². The molecule has 1 saturated heterocycles. The number of carbonyl (C=O) groups is 1. The molecule has 2 aromatic rings. The van der Waals surface area contributed by atoms with Crippen LogP contribution >= 0.6 is 0 Å². The molecule has 0 radical (unpaired) electrons. The predicted octanol–water partition coefficient (Wildman–Crippen LogP) is 3.01. The average Bonchev–Trinajstić information content (AvgIpc) is 3.44. The van der Waals surface area contributed by atoms with Gasteiger partial charge in [0.1, 0.15) is 11.3 Å². The molecule has 0 unspecified atom stereocenters.